The Morgan fingerprint density at radius 3 is 2.44 bits per heavy atom. The molecule has 3 aliphatic rings. The Bertz CT molecular complexity index is 601. The zero-order valence-corrected chi connectivity index (χ0v) is 14.9. The molecule has 0 aromatic carbocycles. The van der Waals surface area contributed by atoms with Crippen LogP contribution in [0.5, 0.6) is 0 Å². The number of likely N-dealkylation sites (tertiary alicyclic amines) is 2. The van der Waals surface area contributed by atoms with Gasteiger partial charge in [-0.15, -0.1) is 0 Å². The SMILES string of the molecule is O=C(c1ccnc(F)c1)N1C[C@H]2CCN(CC3CCCC3)CC[C@H]2C1. The molecular weight excluding hydrogens is 317 g/mol. The van der Waals surface area contributed by atoms with Gasteiger partial charge in [0.05, 0.1) is 0 Å². The summed E-state index contributed by atoms with van der Waals surface area (Å²) in [5.41, 5.74) is 0.423. The summed E-state index contributed by atoms with van der Waals surface area (Å²) >= 11 is 0. The maximum Gasteiger partial charge on any atom is 0.254 e. The van der Waals surface area contributed by atoms with Crippen LogP contribution in [0, 0.1) is 23.7 Å². The number of aromatic nitrogens is 1. The third-order valence-electron chi connectivity index (χ3n) is 6.46. The van der Waals surface area contributed by atoms with E-state index in [4.69, 9.17) is 0 Å². The molecule has 0 unspecified atom stereocenters. The van der Waals surface area contributed by atoms with Crippen LogP contribution in [0.2, 0.25) is 0 Å². The molecule has 3 heterocycles. The maximum absolute atomic E-state index is 13.3. The molecule has 1 amide bonds. The number of hydrogen-bond donors (Lipinski definition) is 0. The number of carbonyl (C=O) groups is 1. The number of halogens is 1. The average molecular weight is 345 g/mol. The Labute approximate surface area is 149 Å². The molecule has 1 saturated carbocycles. The fourth-order valence-electron chi connectivity index (χ4n) is 5.03. The molecule has 2 saturated heterocycles. The lowest BCUT2D eigenvalue weighted by molar-refractivity contribution is 0.0779. The molecule has 1 aromatic rings. The Hall–Kier alpha value is -1.49. The van der Waals surface area contributed by atoms with Gasteiger partial charge in [-0.05, 0) is 62.6 Å². The van der Waals surface area contributed by atoms with E-state index in [-0.39, 0.29) is 5.91 Å². The van der Waals surface area contributed by atoms with E-state index in [0.717, 1.165) is 19.0 Å². The standard InChI is InChI=1S/C20H28FN3O/c21-19-11-16(5-8-22-19)20(25)24-13-17-6-9-23(10-7-18(17)14-24)12-15-3-1-2-4-15/h5,8,11,15,17-18H,1-4,6-7,9-10,12-14H2/t17-,18+. The summed E-state index contributed by atoms with van der Waals surface area (Å²) in [6.07, 6.45) is 9.39. The first-order valence-electron chi connectivity index (χ1n) is 9.82. The minimum atomic E-state index is -0.582. The number of fused-ring (bicyclic) bond motifs is 1. The number of hydrogen-bond acceptors (Lipinski definition) is 3. The van der Waals surface area contributed by atoms with E-state index in [9.17, 15) is 9.18 Å². The van der Waals surface area contributed by atoms with Gasteiger partial charge in [0.15, 0.2) is 0 Å². The van der Waals surface area contributed by atoms with Gasteiger partial charge in [-0.25, -0.2) is 4.98 Å². The van der Waals surface area contributed by atoms with Gasteiger partial charge in [0.25, 0.3) is 5.91 Å². The Kier molecular flexibility index (Phi) is 5.02. The molecule has 0 radical (unpaired) electrons. The minimum Gasteiger partial charge on any atom is -0.338 e. The van der Waals surface area contributed by atoms with E-state index in [0.29, 0.717) is 17.4 Å². The van der Waals surface area contributed by atoms with Crippen molar-refractivity contribution in [1.82, 2.24) is 14.8 Å². The van der Waals surface area contributed by atoms with Crippen LogP contribution in [-0.2, 0) is 0 Å². The van der Waals surface area contributed by atoms with Crippen molar-refractivity contribution in [2.45, 2.75) is 38.5 Å². The largest absolute Gasteiger partial charge is 0.338 e. The molecule has 25 heavy (non-hydrogen) atoms. The van der Waals surface area contributed by atoms with Crippen LogP contribution in [0.25, 0.3) is 0 Å². The summed E-state index contributed by atoms with van der Waals surface area (Å²) in [7, 11) is 0. The number of amides is 1. The van der Waals surface area contributed by atoms with Gasteiger partial charge < -0.3 is 9.80 Å². The van der Waals surface area contributed by atoms with Crippen molar-refractivity contribution in [3.05, 3.63) is 29.8 Å². The van der Waals surface area contributed by atoms with Crippen LogP contribution in [0.1, 0.15) is 48.9 Å². The van der Waals surface area contributed by atoms with Crippen LogP contribution >= 0.6 is 0 Å². The number of carbonyl (C=O) groups excluding carboxylic acids is 1. The van der Waals surface area contributed by atoms with Crippen LogP contribution in [-0.4, -0.2) is 53.4 Å². The molecule has 136 valence electrons. The maximum atomic E-state index is 13.3. The molecule has 2 aliphatic heterocycles. The van der Waals surface area contributed by atoms with Gasteiger partial charge in [0, 0.05) is 37.5 Å². The highest BCUT2D eigenvalue weighted by molar-refractivity contribution is 5.94. The predicted molar refractivity (Wildman–Crippen MR) is 94.7 cm³/mol. The molecule has 0 bridgehead atoms. The normalized spacial score (nSPS) is 28.1. The molecule has 5 heteroatoms. The first-order valence-corrected chi connectivity index (χ1v) is 9.82. The van der Waals surface area contributed by atoms with Crippen LogP contribution in [0.15, 0.2) is 18.3 Å². The number of pyridine rings is 1. The van der Waals surface area contributed by atoms with Crippen LogP contribution in [0.4, 0.5) is 4.39 Å². The summed E-state index contributed by atoms with van der Waals surface area (Å²) in [6.45, 7) is 5.26. The molecule has 1 aromatic heterocycles. The van der Waals surface area contributed by atoms with E-state index in [2.05, 4.69) is 9.88 Å². The first-order chi connectivity index (χ1) is 12.2. The third kappa shape index (κ3) is 3.86. The molecule has 3 fully saturated rings. The van der Waals surface area contributed by atoms with Crippen molar-refractivity contribution in [2.75, 3.05) is 32.7 Å². The minimum absolute atomic E-state index is 0.0443. The molecule has 4 rings (SSSR count). The smallest absolute Gasteiger partial charge is 0.254 e. The fraction of sp³-hybridized carbons (Fsp3) is 0.700. The van der Waals surface area contributed by atoms with Crippen molar-refractivity contribution in [3.63, 3.8) is 0 Å². The predicted octanol–water partition coefficient (Wildman–Crippen LogP) is 3.19. The van der Waals surface area contributed by atoms with Gasteiger partial charge in [0.2, 0.25) is 5.95 Å². The average Bonchev–Trinajstić information content (AvgIpc) is 3.23. The summed E-state index contributed by atoms with van der Waals surface area (Å²) in [5.74, 6) is 1.49. The van der Waals surface area contributed by atoms with Crippen molar-refractivity contribution in [2.24, 2.45) is 17.8 Å². The Morgan fingerprint density at radius 2 is 1.80 bits per heavy atom. The molecule has 2 atom stereocenters. The summed E-state index contributed by atoms with van der Waals surface area (Å²) in [6, 6.07) is 2.86. The second-order valence-corrected chi connectivity index (χ2v) is 8.13. The van der Waals surface area contributed by atoms with Gasteiger partial charge in [-0.3, -0.25) is 4.79 Å². The van der Waals surface area contributed by atoms with Crippen LogP contribution < -0.4 is 0 Å². The quantitative estimate of drug-likeness (QED) is 0.790. The zero-order chi connectivity index (χ0) is 17.2. The third-order valence-corrected chi connectivity index (χ3v) is 6.46. The van der Waals surface area contributed by atoms with Gasteiger partial charge in [-0.1, -0.05) is 12.8 Å². The molecule has 0 N–H and O–H groups in total. The lowest BCUT2D eigenvalue weighted by Gasteiger charge is -2.24. The fourth-order valence-corrected chi connectivity index (χ4v) is 5.03. The van der Waals surface area contributed by atoms with Crippen molar-refractivity contribution in [1.29, 1.82) is 0 Å². The monoisotopic (exact) mass is 345 g/mol. The molecular formula is C20H28FN3O. The summed E-state index contributed by atoms with van der Waals surface area (Å²) in [5, 5.41) is 0. The van der Waals surface area contributed by atoms with Gasteiger partial charge in [-0.2, -0.15) is 4.39 Å². The molecule has 0 spiro atoms. The van der Waals surface area contributed by atoms with E-state index in [1.54, 1.807) is 6.07 Å². The van der Waals surface area contributed by atoms with Crippen LogP contribution in [0.3, 0.4) is 0 Å². The number of rotatable bonds is 3. The van der Waals surface area contributed by atoms with E-state index < -0.39 is 5.95 Å². The van der Waals surface area contributed by atoms with Gasteiger partial charge in [0.1, 0.15) is 0 Å². The second-order valence-electron chi connectivity index (χ2n) is 8.13. The lowest BCUT2D eigenvalue weighted by Crippen LogP contribution is -2.32. The van der Waals surface area contributed by atoms with Crippen molar-refractivity contribution in [3.8, 4) is 0 Å². The van der Waals surface area contributed by atoms with Crippen molar-refractivity contribution < 1.29 is 9.18 Å². The molecule has 1 aliphatic carbocycles. The Balaban J connectivity index is 1.33. The highest BCUT2D eigenvalue weighted by Crippen LogP contribution is 2.33. The van der Waals surface area contributed by atoms with E-state index in [1.807, 2.05) is 4.90 Å². The number of nitrogens with zero attached hydrogens (tertiary/aromatic N) is 3. The summed E-state index contributed by atoms with van der Waals surface area (Å²) in [4.78, 5) is 20.8. The molecule has 4 nitrogen and oxygen atoms in total. The lowest BCUT2D eigenvalue weighted by atomic mass is 9.92. The zero-order valence-electron chi connectivity index (χ0n) is 14.9. The summed E-state index contributed by atoms with van der Waals surface area (Å²) < 4.78 is 13.3. The second kappa shape index (κ2) is 7.40. The van der Waals surface area contributed by atoms with E-state index >= 15 is 0 Å². The topological polar surface area (TPSA) is 36.4 Å². The van der Waals surface area contributed by atoms with E-state index in [1.165, 1.54) is 70.4 Å². The first kappa shape index (κ1) is 17.0. The van der Waals surface area contributed by atoms with Gasteiger partial charge >= 0.3 is 0 Å². The Morgan fingerprint density at radius 1 is 1.12 bits per heavy atom. The van der Waals surface area contributed by atoms with Crippen molar-refractivity contribution >= 4 is 5.91 Å². The highest BCUT2D eigenvalue weighted by Gasteiger charge is 2.37. The highest BCUT2D eigenvalue weighted by atomic mass is 19.1.